The standard InChI is InChI=1S/C17H21N3O4S2/c1-12-10-15(13(2)25-12)26(23,24)20-8-6-19(7-9-20)16(17(21)22)14-4-3-5-18-11-14/h3-5,10-11,16H,6-9H2,1-2H3,(H,21,22). The van der Waals surface area contributed by atoms with Gasteiger partial charge in [-0.2, -0.15) is 4.31 Å². The van der Waals surface area contributed by atoms with E-state index in [2.05, 4.69) is 4.98 Å². The fourth-order valence-corrected chi connectivity index (χ4v) is 6.20. The Balaban J connectivity index is 1.76. The van der Waals surface area contributed by atoms with Crippen LogP contribution in [0.5, 0.6) is 0 Å². The van der Waals surface area contributed by atoms with Crippen LogP contribution >= 0.6 is 11.3 Å². The van der Waals surface area contributed by atoms with Crippen LogP contribution in [0.25, 0.3) is 0 Å². The van der Waals surface area contributed by atoms with Gasteiger partial charge in [0.2, 0.25) is 10.0 Å². The molecule has 1 saturated heterocycles. The molecule has 9 heteroatoms. The number of sulfonamides is 1. The lowest BCUT2D eigenvalue weighted by Crippen LogP contribution is -2.50. The van der Waals surface area contributed by atoms with E-state index in [0.29, 0.717) is 23.5 Å². The van der Waals surface area contributed by atoms with Gasteiger partial charge in [-0.3, -0.25) is 14.7 Å². The summed E-state index contributed by atoms with van der Waals surface area (Å²) >= 11 is 1.47. The minimum absolute atomic E-state index is 0.265. The molecule has 3 heterocycles. The molecule has 3 rings (SSSR count). The van der Waals surface area contributed by atoms with E-state index >= 15 is 0 Å². The highest BCUT2D eigenvalue weighted by Crippen LogP contribution is 2.29. The fourth-order valence-electron chi connectivity index (χ4n) is 3.25. The van der Waals surface area contributed by atoms with Crippen LogP contribution in [0.3, 0.4) is 0 Å². The van der Waals surface area contributed by atoms with Gasteiger partial charge in [-0.05, 0) is 31.5 Å². The predicted octanol–water partition coefficient (Wildman–Crippen LogP) is 1.89. The Bertz CT molecular complexity index is 888. The summed E-state index contributed by atoms with van der Waals surface area (Å²) in [6, 6.07) is 4.32. The zero-order valence-electron chi connectivity index (χ0n) is 14.6. The molecule has 1 N–H and O–H groups in total. The zero-order valence-corrected chi connectivity index (χ0v) is 16.3. The van der Waals surface area contributed by atoms with Crippen molar-refractivity contribution in [3.05, 3.63) is 45.9 Å². The number of carboxylic acids is 1. The Kier molecular flexibility index (Phi) is 5.42. The van der Waals surface area contributed by atoms with E-state index < -0.39 is 22.0 Å². The van der Waals surface area contributed by atoms with Gasteiger partial charge in [0, 0.05) is 48.3 Å². The second kappa shape index (κ2) is 7.43. The Labute approximate surface area is 156 Å². The summed E-state index contributed by atoms with van der Waals surface area (Å²) in [5.41, 5.74) is 0.598. The summed E-state index contributed by atoms with van der Waals surface area (Å²) in [6.07, 6.45) is 3.14. The van der Waals surface area contributed by atoms with Gasteiger partial charge in [-0.1, -0.05) is 6.07 Å². The highest BCUT2D eigenvalue weighted by molar-refractivity contribution is 7.89. The van der Waals surface area contributed by atoms with Gasteiger partial charge in [0.25, 0.3) is 0 Å². The molecule has 1 aliphatic rings. The van der Waals surface area contributed by atoms with Crippen molar-refractivity contribution in [1.82, 2.24) is 14.2 Å². The molecule has 0 amide bonds. The molecule has 1 unspecified atom stereocenters. The number of pyridine rings is 1. The van der Waals surface area contributed by atoms with Crippen molar-refractivity contribution in [3.8, 4) is 0 Å². The number of aryl methyl sites for hydroxylation is 2. The average Bonchev–Trinajstić information content (AvgIpc) is 2.95. The van der Waals surface area contributed by atoms with Gasteiger partial charge in [0.1, 0.15) is 6.04 Å². The summed E-state index contributed by atoms with van der Waals surface area (Å²) in [6.45, 7) is 4.94. The zero-order chi connectivity index (χ0) is 18.9. The molecule has 2 aromatic heterocycles. The lowest BCUT2D eigenvalue weighted by Gasteiger charge is -2.37. The summed E-state index contributed by atoms with van der Waals surface area (Å²) in [7, 11) is -3.55. The average molecular weight is 396 g/mol. The normalized spacial score (nSPS) is 17.9. The van der Waals surface area contributed by atoms with Crippen LogP contribution in [0.4, 0.5) is 0 Å². The number of hydrogen-bond acceptors (Lipinski definition) is 6. The third-order valence-electron chi connectivity index (χ3n) is 4.49. The summed E-state index contributed by atoms with van der Waals surface area (Å²) in [4.78, 5) is 19.6. The van der Waals surface area contributed by atoms with Crippen molar-refractivity contribution in [2.24, 2.45) is 0 Å². The number of rotatable bonds is 5. The number of aliphatic carboxylic acids is 1. The highest BCUT2D eigenvalue weighted by atomic mass is 32.2. The van der Waals surface area contributed by atoms with Crippen molar-refractivity contribution in [1.29, 1.82) is 0 Å². The first-order chi connectivity index (χ1) is 12.3. The number of thiophene rings is 1. The molecule has 1 atom stereocenters. The topological polar surface area (TPSA) is 90.8 Å². The van der Waals surface area contributed by atoms with Crippen molar-refractivity contribution in [3.63, 3.8) is 0 Å². The number of hydrogen-bond donors (Lipinski definition) is 1. The van der Waals surface area contributed by atoms with Crippen molar-refractivity contribution >= 4 is 27.3 Å². The molecule has 2 aromatic rings. The van der Waals surface area contributed by atoms with E-state index in [-0.39, 0.29) is 13.1 Å². The van der Waals surface area contributed by atoms with Gasteiger partial charge < -0.3 is 5.11 Å². The van der Waals surface area contributed by atoms with E-state index in [9.17, 15) is 18.3 Å². The summed E-state index contributed by atoms with van der Waals surface area (Å²) in [5, 5.41) is 9.62. The van der Waals surface area contributed by atoms with Crippen LogP contribution in [0.1, 0.15) is 21.4 Å². The molecule has 0 aromatic carbocycles. The molecule has 0 bridgehead atoms. The fraction of sp³-hybridized carbons (Fsp3) is 0.412. The van der Waals surface area contributed by atoms with Crippen LogP contribution in [0, 0.1) is 13.8 Å². The monoisotopic (exact) mass is 395 g/mol. The molecule has 140 valence electrons. The van der Waals surface area contributed by atoms with E-state index in [1.807, 2.05) is 13.8 Å². The third kappa shape index (κ3) is 3.66. The lowest BCUT2D eigenvalue weighted by atomic mass is 10.1. The molecule has 0 radical (unpaired) electrons. The van der Waals surface area contributed by atoms with Crippen LogP contribution in [-0.2, 0) is 14.8 Å². The largest absolute Gasteiger partial charge is 0.480 e. The van der Waals surface area contributed by atoms with E-state index in [4.69, 9.17) is 0 Å². The van der Waals surface area contributed by atoms with E-state index in [0.717, 1.165) is 9.75 Å². The van der Waals surface area contributed by atoms with Gasteiger partial charge in [-0.25, -0.2) is 8.42 Å². The Morgan fingerprint density at radius 1 is 1.27 bits per heavy atom. The predicted molar refractivity (Wildman–Crippen MR) is 98.7 cm³/mol. The Morgan fingerprint density at radius 3 is 2.46 bits per heavy atom. The summed E-state index contributed by atoms with van der Waals surface area (Å²) in [5.74, 6) is -0.960. The number of carbonyl (C=O) groups is 1. The third-order valence-corrected chi connectivity index (χ3v) is 7.61. The van der Waals surface area contributed by atoms with Crippen LogP contribution in [0.2, 0.25) is 0 Å². The van der Waals surface area contributed by atoms with E-state index in [1.54, 1.807) is 35.5 Å². The van der Waals surface area contributed by atoms with Crippen molar-refractivity contribution in [2.45, 2.75) is 24.8 Å². The molecule has 0 spiro atoms. The minimum Gasteiger partial charge on any atom is -0.480 e. The molecular formula is C17H21N3O4S2. The number of aromatic nitrogens is 1. The van der Waals surface area contributed by atoms with Gasteiger partial charge >= 0.3 is 5.97 Å². The minimum atomic E-state index is -3.55. The summed E-state index contributed by atoms with van der Waals surface area (Å²) < 4.78 is 27.2. The molecule has 0 saturated carbocycles. The molecule has 1 aliphatic heterocycles. The van der Waals surface area contributed by atoms with Crippen LogP contribution in [-0.4, -0.2) is 59.9 Å². The highest BCUT2D eigenvalue weighted by Gasteiger charge is 2.35. The maximum absolute atomic E-state index is 12.9. The van der Waals surface area contributed by atoms with Crippen molar-refractivity contribution in [2.75, 3.05) is 26.2 Å². The van der Waals surface area contributed by atoms with Crippen LogP contribution < -0.4 is 0 Å². The molecular weight excluding hydrogens is 374 g/mol. The number of carboxylic acid groups (broad SMARTS) is 1. The van der Waals surface area contributed by atoms with Crippen molar-refractivity contribution < 1.29 is 18.3 Å². The first kappa shape index (κ1) is 19.0. The SMILES string of the molecule is Cc1cc(S(=O)(=O)N2CCN(C(C(=O)O)c3cccnc3)CC2)c(C)s1. The first-order valence-corrected chi connectivity index (χ1v) is 10.5. The first-order valence-electron chi connectivity index (χ1n) is 8.24. The van der Waals surface area contributed by atoms with Gasteiger partial charge in [0.15, 0.2) is 0 Å². The number of piperazine rings is 1. The van der Waals surface area contributed by atoms with E-state index in [1.165, 1.54) is 15.6 Å². The molecule has 26 heavy (non-hydrogen) atoms. The second-order valence-corrected chi connectivity index (χ2v) is 9.61. The second-order valence-electron chi connectivity index (χ2n) is 6.24. The van der Waals surface area contributed by atoms with Crippen LogP contribution in [0.15, 0.2) is 35.5 Å². The quantitative estimate of drug-likeness (QED) is 0.831. The Hall–Kier alpha value is -1.81. The van der Waals surface area contributed by atoms with Gasteiger partial charge in [0.05, 0.1) is 4.90 Å². The maximum Gasteiger partial charge on any atom is 0.325 e. The Morgan fingerprint density at radius 2 is 1.96 bits per heavy atom. The van der Waals surface area contributed by atoms with Gasteiger partial charge in [-0.15, -0.1) is 11.3 Å². The molecule has 0 aliphatic carbocycles. The smallest absolute Gasteiger partial charge is 0.325 e. The molecule has 1 fully saturated rings. The molecule has 7 nitrogen and oxygen atoms in total. The number of nitrogens with zero attached hydrogens (tertiary/aromatic N) is 3. The maximum atomic E-state index is 12.9. The lowest BCUT2D eigenvalue weighted by molar-refractivity contribution is -0.144.